The van der Waals surface area contributed by atoms with Gasteiger partial charge in [0.15, 0.2) is 0 Å². The minimum atomic E-state index is 0.203. The second-order valence-electron chi connectivity index (χ2n) is 3.50. The van der Waals surface area contributed by atoms with Gasteiger partial charge in [-0.1, -0.05) is 6.92 Å². The predicted octanol–water partition coefficient (Wildman–Crippen LogP) is 1.99. The van der Waals surface area contributed by atoms with E-state index in [1.807, 2.05) is 13.2 Å². The predicted molar refractivity (Wildman–Crippen MR) is 51.2 cm³/mol. The van der Waals surface area contributed by atoms with Crippen molar-refractivity contribution in [3.63, 3.8) is 0 Å². The van der Waals surface area contributed by atoms with Crippen molar-refractivity contribution < 1.29 is 0 Å². The summed E-state index contributed by atoms with van der Waals surface area (Å²) in [6, 6.07) is 0. The molecule has 2 rings (SSSR count). The summed E-state index contributed by atoms with van der Waals surface area (Å²) < 4.78 is 0. The molecular weight excluding hydrogens is 168 g/mol. The fourth-order valence-electron chi connectivity index (χ4n) is 1.96. The molecule has 0 aliphatic heterocycles. The molecule has 12 heavy (non-hydrogen) atoms. The molecule has 1 aliphatic carbocycles. The van der Waals surface area contributed by atoms with Gasteiger partial charge >= 0.3 is 0 Å². The molecule has 2 atom stereocenters. The van der Waals surface area contributed by atoms with Gasteiger partial charge in [-0.2, -0.15) is 0 Å². The molecule has 3 heteroatoms. The summed E-state index contributed by atoms with van der Waals surface area (Å²) in [7, 11) is 2.04. The number of nitrogens with zero attached hydrogens (tertiary/aromatic N) is 1. The molecule has 1 aromatic heterocycles. The van der Waals surface area contributed by atoms with Gasteiger partial charge in [0, 0.05) is 11.6 Å². The Morgan fingerprint density at radius 1 is 1.75 bits per heavy atom. The Morgan fingerprint density at radius 3 is 2.92 bits per heavy atom. The van der Waals surface area contributed by atoms with Crippen LogP contribution in [0.4, 0.5) is 0 Å². The smallest absolute Gasteiger partial charge is 0.113 e. The highest BCUT2D eigenvalue weighted by molar-refractivity contribution is 7.09. The van der Waals surface area contributed by atoms with Crippen LogP contribution in [0.25, 0.3) is 0 Å². The number of hydrogen-bond donors (Lipinski definition) is 1. The van der Waals surface area contributed by atoms with E-state index in [-0.39, 0.29) is 5.54 Å². The lowest BCUT2D eigenvalue weighted by Crippen LogP contribution is -2.52. The minimum Gasteiger partial charge on any atom is -0.308 e. The fourth-order valence-corrected chi connectivity index (χ4v) is 2.95. The molecule has 2 unspecified atom stereocenters. The zero-order valence-corrected chi connectivity index (χ0v) is 8.32. The summed E-state index contributed by atoms with van der Waals surface area (Å²) in [5.74, 6) is 0.730. The molecule has 0 saturated heterocycles. The van der Waals surface area contributed by atoms with E-state index in [1.165, 1.54) is 17.8 Å². The first-order chi connectivity index (χ1) is 5.79. The van der Waals surface area contributed by atoms with Crippen LogP contribution in [0.2, 0.25) is 0 Å². The molecule has 1 fully saturated rings. The Kier molecular flexibility index (Phi) is 1.93. The van der Waals surface area contributed by atoms with Gasteiger partial charge in [-0.25, -0.2) is 4.98 Å². The van der Waals surface area contributed by atoms with E-state index < -0.39 is 0 Å². The number of rotatable bonds is 2. The van der Waals surface area contributed by atoms with E-state index in [0.717, 1.165) is 5.92 Å². The van der Waals surface area contributed by atoms with Gasteiger partial charge in [-0.15, -0.1) is 11.3 Å². The molecule has 1 aromatic rings. The number of aromatic nitrogens is 1. The fraction of sp³-hybridized carbons (Fsp3) is 0.667. The standard InChI is InChI=1S/C9H14N2S/c1-7-3-4-9(7,10-2)8-11-5-6-12-8/h5-7,10H,3-4H2,1-2H3. The van der Waals surface area contributed by atoms with Crippen LogP contribution in [-0.4, -0.2) is 12.0 Å². The van der Waals surface area contributed by atoms with Gasteiger partial charge in [-0.05, 0) is 25.8 Å². The minimum absolute atomic E-state index is 0.203. The van der Waals surface area contributed by atoms with Gasteiger partial charge in [0.05, 0.1) is 5.54 Å². The molecule has 1 N–H and O–H groups in total. The second kappa shape index (κ2) is 2.82. The third-order valence-corrected chi connectivity index (χ3v) is 4.02. The first-order valence-corrected chi connectivity index (χ1v) is 5.26. The topological polar surface area (TPSA) is 24.9 Å². The van der Waals surface area contributed by atoms with Crippen molar-refractivity contribution in [2.75, 3.05) is 7.05 Å². The van der Waals surface area contributed by atoms with Crippen molar-refractivity contribution in [3.8, 4) is 0 Å². The Bertz CT molecular complexity index is 254. The first-order valence-electron chi connectivity index (χ1n) is 4.38. The van der Waals surface area contributed by atoms with E-state index in [4.69, 9.17) is 0 Å². The largest absolute Gasteiger partial charge is 0.308 e. The summed E-state index contributed by atoms with van der Waals surface area (Å²) in [4.78, 5) is 4.39. The number of hydrogen-bond acceptors (Lipinski definition) is 3. The van der Waals surface area contributed by atoms with Crippen LogP contribution < -0.4 is 5.32 Å². The van der Waals surface area contributed by atoms with E-state index in [0.29, 0.717) is 0 Å². The quantitative estimate of drug-likeness (QED) is 0.756. The second-order valence-corrected chi connectivity index (χ2v) is 4.39. The molecule has 0 aromatic carbocycles. The van der Waals surface area contributed by atoms with Gasteiger partial charge in [0.1, 0.15) is 5.01 Å². The van der Waals surface area contributed by atoms with Crippen LogP contribution >= 0.6 is 11.3 Å². The van der Waals surface area contributed by atoms with E-state index in [9.17, 15) is 0 Å². The lowest BCUT2D eigenvalue weighted by molar-refractivity contribution is 0.104. The van der Waals surface area contributed by atoms with E-state index in [1.54, 1.807) is 11.3 Å². The highest BCUT2D eigenvalue weighted by atomic mass is 32.1. The Hall–Kier alpha value is -0.410. The summed E-state index contributed by atoms with van der Waals surface area (Å²) in [5, 5.41) is 6.72. The Labute approximate surface area is 77.0 Å². The maximum atomic E-state index is 4.39. The number of nitrogens with one attached hydrogen (secondary N) is 1. The molecule has 0 amide bonds. The average molecular weight is 182 g/mol. The molecule has 1 saturated carbocycles. The van der Waals surface area contributed by atoms with Crippen molar-refractivity contribution in [1.29, 1.82) is 0 Å². The van der Waals surface area contributed by atoms with Crippen LogP contribution in [-0.2, 0) is 5.54 Å². The normalized spacial score (nSPS) is 34.7. The maximum absolute atomic E-state index is 4.39. The van der Waals surface area contributed by atoms with Crippen molar-refractivity contribution in [2.45, 2.75) is 25.3 Å². The van der Waals surface area contributed by atoms with Crippen LogP contribution in [0.15, 0.2) is 11.6 Å². The lowest BCUT2D eigenvalue weighted by Gasteiger charge is -2.46. The Balaban J connectivity index is 2.30. The maximum Gasteiger partial charge on any atom is 0.113 e. The van der Waals surface area contributed by atoms with Gasteiger partial charge in [-0.3, -0.25) is 0 Å². The molecule has 66 valence electrons. The van der Waals surface area contributed by atoms with Crippen LogP contribution in [0, 0.1) is 5.92 Å². The highest BCUT2D eigenvalue weighted by Gasteiger charge is 2.45. The van der Waals surface area contributed by atoms with Crippen LogP contribution in [0.1, 0.15) is 24.8 Å². The zero-order valence-electron chi connectivity index (χ0n) is 7.50. The SMILES string of the molecule is CNC1(c2nccs2)CCC1C. The average Bonchev–Trinajstić information content (AvgIpc) is 2.57. The van der Waals surface area contributed by atoms with E-state index >= 15 is 0 Å². The van der Waals surface area contributed by atoms with E-state index in [2.05, 4.69) is 22.6 Å². The zero-order chi connectivity index (χ0) is 8.60. The molecule has 0 radical (unpaired) electrons. The molecule has 2 nitrogen and oxygen atoms in total. The monoisotopic (exact) mass is 182 g/mol. The molecule has 0 bridgehead atoms. The summed E-state index contributed by atoms with van der Waals surface area (Å²) in [6.45, 7) is 2.29. The van der Waals surface area contributed by atoms with Crippen molar-refractivity contribution in [1.82, 2.24) is 10.3 Å². The third kappa shape index (κ3) is 0.930. The Morgan fingerprint density at radius 2 is 2.58 bits per heavy atom. The number of thiazole rings is 1. The van der Waals surface area contributed by atoms with Crippen molar-refractivity contribution >= 4 is 11.3 Å². The lowest BCUT2D eigenvalue weighted by atomic mass is 9.68. The third-order valence-electron chi connectivity index (χ3n) is 3.07. The summed E-state index contributed by atoms with van der Waals surface area (Å²) >= 11 is 1.76. The summed E-state index contributed by atoms with van der Waals surface area (Å²) in [6.07, 6.45) is 4.45. The van der Waals surface area contributed by atoms with Crippen molar-refractivity contribution in [3.05, 3.63) is 16.6 Å². The first kappa shape index (κ1) is 8.20. The highest BCUT2D eigenvalue weighted by Crippen LogP contribution is 2.46. The van der Waals surface area contributed by atoms with Gasteiger partial charge in [0.25, 0.3) is 0 Å². The molecule has 0 spiro atoms. The van der Waals surface area contributed by atoms with Crippen LogP contribution in [0.3, 0.4) is 0 Å². The summed E-state index contributed by atoms with van der Waals surface area (Å²) in [5.41, 5.74) is 0.203. The van der Waals surface area contributed by atoms with Gasteiger partial charge < -0.3 is 5.32 Å². The molecule has 1 aliphatic rings. The molecular formula is C9H14N2S. The van der Waals surface area contributed by atoms with Crippen molar-refractivity contribution in [2.24, 2.45) is 5.92 Å². The van der Waals surface area contributed by atoms with Gasteiger partial charge in [0.2, 0.25) is 0 Å². The molecule has 1 heterocycles. The van der Waals surface area contributed by atoms with Crippen LogP contribution in [0.5, 0.6) is 0 Å².